The molecule has 1 saturated heterocycles. The van der Waals surface area contributed by atoms with Crippen LogP contribution in [0.15, 0.2) is 18.2 Å². The van der Waals surface area contributed by atoms with Crippen LogP contribution in [-0.4, -0.2) is 55.3 Å². The van der Waals surface area contributed by atoms with Crippen LogP contribution in [0.1, 0.15) is 24.8 Å². The molecule has 120 valence electrons. The Bertz CT molecular complexity index is 532. The van der Waals surface area contributed by atoms with Gasteiger partial charge in [-0.2, -0.15) is 0 Å². The normalized spacial score (nSPS) is 19.3. The van der Waals surface area contributed by atoms with E-state index in [1.54, 1.807) is 12.0 Å². The summed E-state index contributed by atoms with van der Waals surface area (Å²) in [7, 11) is 1.68. The standard InChI is InChI=1S/C17H24N2O3/c1-22-15-7-2-5-13-6-3-10-19(17(13)15)12-14(20)11-18-9-4-8-16(18)21/h2,5,7,14,20H,3-4,6,8-12H2,1H3. The minimum atomic E-state index is -0.530. The first kappa shape index (κ1) is 15.2. The largest absolute Gasteiger partial charge is 0.495 e. The minimum absolute atomic E-state index is 0.163. The molecule has 1 fully saturated rings. The Labute approximate surface area is 131 Å². The molecule has 0 radical (unpaired) electrons. The van der Waals surface area contributed by atoms with Crippen molar-refractivity contribution in [1.82, 2.24) is 4.90 Å². The summed E-state index contributed by atoms with van der Waals surface area (Å²) >= 11 is 0. The predicted molar refractivity (Wildman–Crippen MR) is 85.3 cm³/mol. The number of hydrogen-bond donors (Lipinski definition) is 1. The van der Waals surface area contributed by atoms with Crippen LogP contribution in [0, 0.1) is 0 Å². The van der Waals surface area contributed by atoms with Gasteiger partial charge in [0.25, 0.3) is 0 Å². The number of anilines is 1. The van der Waals surface area contributed by atoms with Gasteiger partial charge in [0, 0.05) is 32.6 Å². The quantitative estimate of drug-likeness (QED) is 0.894. The van der Waals surface area contributed by atoms with Crippen LogP contribution in [0.25, 0.3) is 0 Å². The molecule has 0 spiro atoms. The van der Waals surface area contributed by atoms with E-state index < -0.39 is 6.10 Å². The van der Waals surface area contributed by atoms with E-state index in [2.05, 4.69) is 11.0 Å². The summed E-state index contributed by atoms with van der Waals surface area (Å²) in [4.78, 5) is 15.7. The zero-order valence-electron chi connectivity index (χ0n) is 13.1. The van der Waals surface area contributed by atoms with Crippen LogP contribution in [0.2, 0.25) is 0 Å². The number of ether oxygens (including phenoxy) is 1. The molecule has 1 atom stereocenters. The summed E-state index contributed by atoms with van der Waals surface area (Å²) in [5.41, 5.74) is 2.37. The van der Waals surface area contributed by atoms with Crippen LogP contribution >= 0.6 is 0 Å². The van der Waals surface area contributed by atoms with Crippen LogP contribution in [-0.2, 0) is 11.2 Å². The lowest BCUT2D eigenvalue weighted by atomic mass is 10.0. The number of para-hydroxylation sites is 1. The molecule has 22 heavy (non-hydrogen) atoms. The molecule has 0 bridgehead atoms. The number of fused-ring (bicyclic) bond motifs is 1. The summed E-state index contributed by atoms with van der Waals surface area (Å²) in [6.45, 7) is 2.66. The van der Waals surface area contributed by atoms with Crippen molar-refractivity contribution in [2.24, 2.45) is 0 Å². The number of benzene rings is 1. The highest BCUT2D eigenvalue weighted by molar-refractivity contribution is 5.78. The lowest BCUT2D eigenvalue weighted by Gasteiger charge is -2.34. The third-order valence-electron chi connectivity index (χ3n) is 4.53. The Morgan fingerprint density at radius 1 is 1.18 bits per heavy atom. The van der Waals surface area contributed by atoms with Gasteiger partial charge in [0.15, 0.2) is 0 Å². The van der Waals surface area contributed by atoms with E-state index in [1.165, 1.54) is 5.56 Å². The molecule has 1 aromatic rings. The second kappa shape index (κ2) is 6.57. The van der Waals surface area contributed by atoms with Gasteiger partial charge in [-0.25, -0.2) is 0 Å². The van der Waals surface area contributed by atoms with Gasteiger partial charge in [0.05, 0.1) is 18.9 Å². The fourth-order valence-corrected chi connectivity index (χ4v) is 3.51. The highest BCUT2D eigenvalue weighted by Crippen LogP contribution is 2.36. The molecule has 0 aliphatic carbocycles. The lowest BCUT2D eigenvalue weighted by molar-refractivity contribution is -0.128. The third kappa shape index (κ3) is 3.04. The number of aliphatic hydroxyl groups excluding tert-OH is 1. The van der Waals surface area contributed by atoms with Crippen molar-refractivity contribution < 1.29 is 14.6 Å². The number of methoxy groups -OCH3 is 1. The Kier molecular flexibility index (Phi) is 4.52. The topological polar surface area (TPSA) is 53.0 Å². The molecule has 0 saturated carbocycles. The second-order valence-electron chi connectivity index (χ2n) is 6.11. The summed E-state index contributed by atoms with van der Waals surface area (Å²) in [6.07, 6.45) is 3.12. The first-order chi connectivity index (χ1) is 10.7. The molecular weight excluding hydrogens is 280 g/mol. The van der Waals surface area contributed by atoms with Crippen molar-refractivity contribution in [2.45, 2.75) is 31.8 Å². The number of likely N-dealkylation sites (tertiary alicyclic amines) is 1. The molecule has 3 rings (SSSR count). The van der Waals surface area contributed by atoms with Crippen molar-refractivity contribution in [2.75, 3.05) is 38.2 Å². The number of amides is 1. The van der Waals surface area contributed by atoms with Crippen molar-refractivity contribution in [3.8, 4) is 5.75 Å². The van der Waals surface area contributed by atoms with Crippen LogP contribution < -0.4 is 9.64 Å². The fourth-order valence-electron chi connectivity index (χ4n) is 3.51. The lowest BCUT2D eigenvalue weighted by Crippen LogP contribution is -2.42. The number of carbonyl (C=O) groups excluding carboxylic acids is 1. The molecule has 2 aliphatic heterocycles. The van der Waals surface area contributed by atoms with Gasteiger partial charge in [0.1, 0.15) is 5.75 Å². The summed E-state index contributed by atoms with van der Waals surface area (Å²) < 4.78 is 5.49. The maximum atomic E-state index is 11.7. The number of rotatable bonds is 5. The van der Waals surface area contributed by atoms with Crippen molar-refractivity contribution >= 4 is 11.6 Å². The fraction of sp³-hybridized carbons (Fsp3) is 0.588. The molecule has 1 unspecified atom stereocenters. The average Bonchev–Trinajstić information content (AvgIpc) is 2.92. The van der Waals surface area contributed by atoms with E-state index in [1.807, 2.05) is 12.1 Å². The van der Waals surface area contributed by atoms with Gasteiger partial charge < -0.3 is 19.6 Å². The zero-order valence-corrected chi connectivity index (χ0v) is 13.1. The summed E-state index contributed by atoms with van der Waals surface area (Å²) in [6, 6.07) is 6.11. The highest BCUT2D eigenvalue weighted by Gasteiger charge is 2.26. The number of aliphatic hydroxyl groups is 1. The number of hydrogen-bond acceptors (Lipinski definition) is 4. The first-order valence-electron chi connectivity index (χ1n) is 8.05. The van der Waals surface area contributed by atoms with E-state index in [0.29, 0.717) is 19.5 Å². The zero-order chi connectivity index (χ0) is 15.5. The van der Waals surface area contributed by atoms with Crippen molar-refractivity contribution in [3.05, 3.63) is 23.8 Å². The Morgan fingerprint density at radius 3 is 2.64 bits per heavy atom. The first-order valence-corrected chi connectivity index (χ1v) is 8.05. The Hall–Kier alpha value is -1.75. The van der Waals surface area contributed by atoms with Crippen LogP contribution in [0.5, 0.6) is 5.75 Å². The molecular formula is C17H24N2O3. The highest BCUT2D eigenvalue weighted by atomic mass is 16.5. The predicted octanol–water partition coefficient (Wildman–Crippen LogP) is 1.43. The second-order valence-corrected chi connectivity index (χ2v) is 6.11. The number of nitrogens with zero attached hydrogens (tertiary/aromatic N) is 2. The van der Waals surface area contributed by atoms with Gasteiger partial charge in [-0.3, -0.25) is 4.79 Å². The monoisotopic (exact) mass is 304 g/mol. The minimum Gasteiger partial charge on any atom is -0.495 e. The summed E-state index contributed by atoms with van der Waals surface area (Å²) in [5.74, 6) is 1.03. The third-order valence-corrected chi connectivity index (χ3v) is 4.53. The van der Waals surface area contributed by atoms with Gasteiger partial charge >= 0.3 is 0 Å². The van der Waals surface area contributed by atoms with Gasteiger partial charge in [-0.1, -0.05) is 12.1 Å². The van der Waals surface area contributed by atoms with E-state index in [0.717, 1.165) is 43.8 Å². The maximum Gasteiger partial charge on any atom is 0.222 e. The number of carbonyl (C=O) groups is 1. The van der Waals surface area contributed by atoms with Crippen molar-refractivity contribution in [3.63, 3.8) is 0 Å². The molecule has 2 heterocycles. The Balaban J connectivity index is 1.70. The summed E-state index contributed by atoms with van der Waals surface area (Å²) in [5, 5.41) is 10.4. The number of β-amino-alcohol motifs (C(OH)–C–C–N with tert-alkyl or cyclic N) is 1. The molecule has 2 aliphatic rings. The van der Waals surface area contributed by atoms with E-state index in [9.17, 15) is 9.90 Å². The maximum absolute atomic E-state index is 11.7. The molecule has 5 heteroatoms. The van der Waals surface area contributed by atoms with E-state index >= 15 is 0 Å². The van der Waals surface area contributed by atoms with Crippen LogP contribution in [0.3, 0.4) is 0 Å². The molecule has 1 amide bonds. The molecule has 1 aromatic carbocycles. The SMILES string of the molecule is COc1cccc2c1N(CC(O)CN1CCCC1=O)CCC2. The average molecular weight is 304 g/mol. The number of aryl methyl sites for hydroxylation is 1. The van der Waals surface area contributed by atoms with Gasteiger partial charge in [-0.05, 0) is 30.9 Å². The molecule has 0 aromatic heterocycles. The van der Waals surface area contributed by atoms with Crippen LogP contribution in [0.4, 0.5) is 5.69 Å². The Morgan fingerprint density at radius 2 is 1.91 bits per heavy atom. The van der Waals surface area contributed by atoms with Crippen molar-refractivity contribution in [1.29, 1.82) is 0 Å². The van der Waals surface area contributed by atoms with E-state index in [-0.39, 0.29) is 5.91 Å². The smallest absolute Gasteiger partial charge is 0.222 e. The molecule has 1 N–H and O–H groups in total. The van der Waals surface area contributed by atoms with E-state index in [4.69, 9.17) is 4.74 Å². The van der Waals surface area contributed by atoms with Gasteiger partial charge in [-0.15, -0.1) is 0 Å². The molecule has 5 nitrogen and oxygen atoms in total. The van der Waals surface area contributed by atoms with Gasteiger partial charge in [0.2, 0.25) is 5.91 Å².